The van der Waals surface area contributed by atoms with Gasteiger partial charge in [0.05, 0.1) is 13.1 Å². The van der Waals surface area contributed by atoms with Crippen LogP contribution in [0.4, 0.5) is 0 Å². The van der Waals surface area contributed by atoms with Crippen molar-refractivity contribution >= 4 is 17.5 Å². The molecule has 26 heavy (non-hydrogen) atoms. The second kappa shape index (κ2) is 6.96. The number of aryl methyl sites for hydroxylation is 1. The van der Waals surface area contributed by atoms with Crippen LogP contribution in [0.15, 0.2) is 18.2 Å². The molecule has 1 fully saturated rings. The molecule has 1 aromatic carbocycles. The number of tetrazole rings is 1. The zero-order chi connectivity index (χ0) is 19.1. The summed E-state index contributed by atoms with van der Waals surface area (Å²) in [4.78, 5) is 18.0. The summed E-state index contributed by atoms with van der Waals surface area (Å²) < 4.78 is 0. The fourth-order valence-electron chi connectivity index (χ4n) is 3.39. The second-order valence-corrected chi connectivity index (χ2v) is 8.16. The highest BCUT2D eigenvalue weighted by Gasteiger charge is 2.34. The first-order valence-electron chi connectivity index (χ1n) is 8.72. The minimum atomic E-state index is -0.0606. The van der Waals surface area contributed by atoms with Crippen molar-refractivity contribution in [2.75, 3.05) is 19.6 Å². The molecule has 0 spiro atoms. The molecule has 140 valence electrons. The van der Waals surface area contributed by atoms with Gasteiger partial charge in [0.25, 0.3) is 0 Å². The van der Waals surface area contributed by atoms with Crippen LogP contribution in [0.2, 0.25) is 5.02 Å². The van der Waals surface area contributed by atoms with E-state index in [-0.39, 0.29) is 17.5 Å². The standard InChI is InChI=1S/C18H25ClN6O/c1-12(26)25-7-6-24(18(2,3)4)11-16(25)13-8-14(10-15(19)9-13)17-20-22-23(5)21-17/h8-10,16H,6-7,11H2,1-5H3/t16-/m0/s1. The molecule has 0 aliphatic carbocycles. The number of benzene rings is 1. The van der Waals surface area contributed by atoms with Crippen LogP contribution in [0, 0.1) is 0 Å². The Balaban J connectivity index is 2.00. The highest BCUT2D eigenvalue weighted by Crippen LogP contribution is 2.33. The summed E-state index contributed by atoms with van der Waals surface area (Å²) in [5, 5.41) is 12.8. The lowest BCUT2D eigenvalue weighted by Gasteiger charge is -2.46. The topological polar surface area (TPSA) is 67.2 Å². The van der Waals surface area contributed by atoms with Crippen molar-refractivity contribution in [3.8, 4) is 11.4 Å². The average molecular weight is 377 g/mol. The fraction of sp³-hybridized carbons (Fsp3) is 0.556. The first kappa shape index (κ1) is 18.8. The largest absolute Gasteiger partial charge is 0.333 e. The van der Waals surface area contributed by atoms with Crippen molar-refractivity contribution < 1.29 is 4.79 Å². The lowest BCUT2D eigenvalue weighted by atomic mass is 9.96. The van der Waals surface area contributed by atoms with Crippen LogP contribution >= 0.6 is 11.6 Å². The Morgan fingerprint density at radius 3 is 2.54 bits per heavy atom. The fourth-order valence-corrected chi connectivity index (χ4v) is 3.63. The number of carbonyl (C=O) groups is 1. The molecule has 0 radical (unpaired) electrons. The predicted molar refractivity (Wildman–Crippen MR) is 101 cm³/mol. The lowest BCUT2D eigenvalue weighted by molar-refractivity contribution is -0.135. The van der Waals surface area contributed by atoms with E-state index >= 15 is 0 Å². The Bertz CT molecular complexity index is 812. The van der Waals surface area contributed by atoms with Gasteiger partial charge in [-0.3, -0.25) is 9.69 Å². The second-order valence-electron chi connectivity index (χ2n) is 7.72. The van der Waals surface area contributed by atoms with E-state index in [1.54, 1.807) is 14.0 Å². The van der Waals surface area contributed by atoms with E-state index in [0.717, 1.165) is 24.2 Å². The summed E-state index contributed by atoms with van der Waals surface area (Å²) in [5.74, 6) is 0.594. The zero-order valence-electron chi connectivity index (χ0n) is 15.9. The smallest absolute Gasteiger partial charge is 0.220 e. The van der Waals surface area contributed by atoms with Crippen molar-refractivity contribution in [3.63, 3.8) is 0 Å². The van der Waals surface area contributed by atoms with Gasteiger partial charge in [0.2, 0.25) is 11.7 Å². The first-order chi connectivity index (χ1) is 12.1. The molecule has 2 aromatic rings. The number of hydrogen-bond acceptors (Lipinski definition) is 5. The third-order valence-electron chi connectivity index (χ3n) is 4.80. The van der Waals surface area contributed by atoms with Crippen LogP contribution in [-0.2, 0) is 11.8 Å². The maximum Gasteiger partial charge on any atom is 0.220 e. The molecule has 0 N–H and O–H groups in total. The monoisotopic (exact) mass is 376 g/mol. The molecule has 0 unspecified atom stereocenters. The Morgan fingerprint density at radius 2 is 1.96 bits per heavy atom. The van der Waals surface area contributed by atoms with Gasteiger partial charge in [-0.15, -0.1) is 10.2 Å². The normalized spacial score (nSPS) is 19.0. The molecule has 1 aliphatic rings. The number of aromatic nitrogens is 4. The minimum Gasteiger partial charge on any atom is -0.333 e. The molecule has 3 rings (SSSR count). The SMILES string of the molecule is CC(=O)N1CCN(C(C)(C)C)C[C@H]1c1cc(Cl)cc(-c2nnn(C)n2)c1. The molecule has 7 nitrogen and oxygen atoms in total. The number of carbonyl (C=O) groups excluding carboxylic acids is 1. The maximum atomic E-state index is 12.2. The lowest BCUT2D eigenvalue weighted by Crippen LogP contribution is -2.55. The molecule has 0 bridgehead atoms. The third-order valence-corrected chi connectivity index (χ3v) is 5.02. The summed E-state index contributed by atoms with van der Waals surface area (Å²) in [6, 6.07) is 5.70. The van der Waals surface area contributed by atoms with E-state index < -0.39 is 0 Å². The number of halogens is 1. The number of piperazine rings is 1. The summed E-state index contributed by atoms with van der Waals surface area (Å²) in [5.41, 5.74) is 1.83. The van der Waals surface area contributed by atoms with Crippen molar-refractivity contribution in [1.82, 2.24) is 30.0 Å². The molecular formula is C18H25ClN6O. The van der Waals surface area contributed by atoms with Gasteiger partial charge >= 0.3 is 0 Å². The van der Waals surface area contributed by atoms with Gasteiger partial charge in [0.1, 0.15) is 0 Å². The highest BCUT2D eigenvalue weighted by molar-refractivity contribution is 6.30. The molecule has 1 atom stereocenters. The van der Waals surface area contributed by atoms with Crippen LogP contribution in [0.1, 0.15) is 39.3 Å². The van der Waals surface area contributed by atoms with Gasteiger partial charge in [0.15, 0.2) is 0 Å². The molecule has 8 heteroatoms. The van der Waals surface area contributed by atoms with Gasteiger partial charge in [-0.2, -0.15) is 4.80 Å². The minimum absolute atomic E-state index is 0.0367. The van der Waals surface area contributed by atoms with E-state index in [4.69, 9.17) is 11.6 Å². The van der Waals surface area contributed by atoms with Gasteiger partial charge in [-0.1, -0.05) is 11.6 Å². The summed E-state index contributed by atoms with van der Waals surface area (Å²) in [6.07, 6.45) is 0. The van der Waals surface area contributed by atoms with Gasteiger partial charge in [0, 0.05) is 42.7 Å². The Morgan fingerprint density at radius 1 is 1.23 bits per heavy atom. The molecular weight excluding hydrogens is 352 g/mol. The highest BCUT2D eigenvalue weighted by atomic mass is 35.5. The van der Waals surface area contributed by atoms with Gasteiger partial charge in [-0.25, -0.2) is 0 Å². The molecule has 1 aliphatic heterocycles. The van der Waals surface area contributed by atoms with Crippen LogP contribution < -0.4 is 0 Å². The summed E-state index contributed by atoms with van der Waals surface area (Å²) in [7, 11) is 1.72. The Labute approximate surface area is 158 Å². The molecule has 0 saturated carbocycles. The van der Waals surface area contributed by atoms with Crippen LogP contribution in [0.5, 0.6) is 0 Å². The number of hydrogen-bond donors (Lipinski definition) is 0. The Hall–Kier alpha value is -1.99. The van der Waals surface area contributed by atoms with Gasteiger partial charge in [-0.05, 0) is 49.7 Å². The van der Waals surface area contributed by atoms with E-state index in [9.17, 15) is 4.79 Å². The molecule has 2 heterocycles. The van der Waals surface area contributed by atoms with E-state index in [0.29, 0.717) is 17.4 Å². The zero-order valence-corrected chi connectivity index (χ0v) is 16.7. The van der Waals surface area contributed by atoms with Crippen LogP contribution in [-0.4, -0.2) is 61.1 Å². The molecule has 1 saturated heterocycles. The van der Waals surface area contributed by atoms with Crippen molar-refractivity contribution in [2.45, 2.75) is 39.3 Å². The van der Waals surface area contributed by atoms with Crippen molar-refractivity contribution in [1.29, 1.82) is 0 Å². The van der Waals surface area contributed by atoms with Gasteiger partial charge < -0.3 is 4.90 Å². The maximum absolute atomic E-state index is 12.2. The van der Waals surface area contributed by atoms with Crippen molar-refractivity contribution in [2.24, 2.45) is 7.05 Å². The summed E-state index contributed by atoms with van der Waals surface area (Å²) >= 11 is 6.38. The van der Waals surface area contributed by atoms with E-state index in [1.165, 1.54) is 4.80 Å². The first-order valence-corrected chi connectivity index (χ1v) is 9.10. The quantitative estimate of drug-likeness (QED) is 0.805. The van der Waals surface area contributed by atoms with Crippen molar-refractivity contribution in [3.05, 3.63) is 28.8 Å². The predicted octanol–water partition coefficient (Wildman–Crippen LogP) is 2.53. The number of nitrogens with zero attached hydrogens (tertiary/aromatic N) is 6. The molecule has 1 aromatic heterocycles. The summed E-state index contributed by atoms with van der Waals surface area (Å²) in [6.45, 7) is 10.5. The van der Waals surface area contributed by atoms with E-state index in [2.05, 4.69) is 41.1 Å². The number of rotatable bonds is 2. The Kier molecular flexibility index (Phi) is 5.03. The molecule has 1 amide bonds. The van der Waals surface area contributed by atoms with E-state index in [1.807, 2.05) is 23.1 Å². The van der Waals surface area contributed by atoms with Crippen LogP contribution in [0.25, 0.3) is 11.4 Å². The van der Waals surface area contributed by atoms with Crippen LogP contribution in [0.3, 0.4) is 0 Å². The third kappa shape index (κ3) is 3.88. The number of amides is 1. The average Bonchev–Trinajstić information content (AvgIpc) is 2.99.